The Balaban J connectivity index is 1.88. The molecule has 5 nitrogen and oxygen atoms in total. The molecule has 1 aliphatic carbocycles. The zero-order chi connectivity index (χ0) is 12.1. The fraction of sp³-hybridized carbons (Fsp3) is 0.667. The van der Waals surface area contributed by atoms with E-state index in [2.05, 4.69) is 15.3 Å². The maximum Gasteiger partial charge on any atom is 0.223 e. The van der Waals surface area contributed by atoms with Gasteiger partial charge in [-0.05, 0) is 31.7 Å². The molecule has 1 heterocycles. The van der Waals surface area contributed by atoms with Gasteiger partial charge in [-0.1, -0.05) is 0 Å². The van der Waals surface area contributed by atoms with Gasteiger partial charge in [0.1, 0.15) is 0 Å². The number of hydrogen-bond donors (Lipinski definition) is 2. The quantitative estimate of drug-likeness (QED) is 0.824. The molecule has 0 bridgehead atoms. The number of ether oxygens (including phenoxy) is 1. The lowest BCUT2D eigenvalue weighted by Gasteiger charge is -2.28. The maximum absolute atomic E-state index is 5.55. The Labute approximate surface area is 102 Å². The van der Waals surface area contributed by atoms with Crippen LogP contribution in [0.25, 0.3) is 0 Å². The molecule has 3 N–H and O–H groups in total. The standard InChI is InChI=1S/C12H20N4O/c1-17-11-4-2-9(3-5-11)15-12-14-7-6-10(8-13)16-12/h6-7,9,11H,2-5,8,13H2,1H3,(H,14,15,16). The van der Waals surface area contributed by atoms with Crippen molar-refractivity contribution in [1.82, 2.24) is 9.97 Å². The fourth-order valence-corrected chi connectivity index (χ4v) is 2.20. The lowest BCUT2D eigenvalue weighted by atomic mass is 9.93. The first kappa shape index (κ1) is 12.3. The molecule has 0 aliphatic heterocycles. The number of hydrogen-bond acceptors (Lipinski definition) is 5. The lowest BCUT2D eigenvalue weighted by Crippen LogP contribution is -2.30. The van der Waals surface area contributed by atoms with E-state index in [4.69, 9.17) is 10.5 Å². The molecule has 1 aromatic rings. The Morgan fingerprint density at radius 3 is 2.82 bits per heavy atom. The molecule has 0 aromatic carbocycles. The minimum absolute atomic E-state index is 0.421. The van der Waals surface area contributed by atoms with E-state index < -0.39 is 0 Å². The molecule has 1 fully saturated rings. The predicted octanol–water partition coefficient (Wildman–Crippen LogP) is 1.30. The number of aromatic nitrogens is 2. The molecule has 0 spiro atoms. The third kappa shape index (κ3) is 3.38. The molecule has 0 atom stereocenters. The van der Waals surface area contributed by atoms with Gasteiger partial charge in [-0.25, -0.2) is 9.97 Å². The predicted molar refractivity (Wildman–Crippen MR) is 66.6 cm³/mol. The molecule has 1 aliphatic rings. The topological polar surface area (TPSA) is 73.1 Å². The summed E-state index contributed by atoms with van der Waals surface area (Å²) in [6, 6.07) is 2.29. The van der Waals surface area contributed by atoms with Crippen LogP contribution < -0.4 is 11.1 Å². The number of anilines is 1. The normalized spacial score (nSPS) is 24.6. The van der Waals surface area contributed by atoms with Crippen LogP contribution in [-0.4, -0.2) is 29.2 Å². The average Bonchev–Trinajstić information content (AvgIpc) is 2.40. The highest BCUT2D eigenvalue weighted by Gasteiger charge is 2.21. The number of nitrogens with two attached hydrogens (primary N) is 1. The second kappa shape index (κ2) is 5.93. The van der Waals surface area contributed by atoms with E-state index in [9.17, 15) is 0 Å². The smallest absolute Gasteiger partial charge is 0.223 e. The van der Waals surface area contributed by atoms with Gasteiger partial charge in [0.2, 0.25) is 5.95 Å². The van der Waals surface area contributed by atoms with Gasteiger partial charge in [0, 0.05) is 25.9 Å². The van der Waals surface area contributed by atoms with Gasteiger partial charge in [-0.15, -0.1) is 0 Å². The van der Waals surface area contributed by atoms with Gasteiger partial charge in [-0.3, -0.25) is 0 Å². The van der Waals surface area contributed by atoms with Crippen LogP contribution in [0.2, 0.25) is 0 Å². The largest absolute Gasteiger partial charge is 0.381 e. The zero-order valence-corrected chi connectivity index (χ0v) is 10.2. The monoisotopic (exact) mass is 236 g/mol. The molecule has 94 valence electrons. The fourth-order valence-electron chi connectivity index (χ4n) is 2.20. The molecule has 0 amide bonds. The molecule has 2 rings (SSSR count). The van der Waals surface area contributed by atoms with Crippen LogP contribution in [0.15, 0.2) is 12.3 Å². The highest BCUT2D eigenvalue weighted by molar-refractivity contribution is 5.26. The first-order chi connectivity index (χ1) is 8.31. The van der Waals surface area contributed by atoms with Crippen LogP contribution in [0.5, 0.6) is 0 Å². The second-order valence-electron chi connectivity index (χ2n) is 4.43. The minimum Gasteiger partial charge on any atom is -0.381 e. The molecule has 0 radical (unpaired) electrons. The SMILES string of the molecule is COC1CCC(Nc2nccc(CN)n2)CC1. The van der Waals surface area contributed by atoms with E-state index in [1.165, 1.54) is 0 Å². The molecular weight excluding hydrogens is 216 g/mol. The Morgan fingerprint density at radius 2 is 2.18 bits per heavy atom. The molecule has 5 heteroatoms. The van der Waals surface area contributed by atoms with E-state index in [-0.39, 0.29) is 0 Å². The van der Waals surface area contributed by atoms with Crippen molar-refractivity contribution < 1.29 is 4.74 Å². The van der Waals surface area contributed by atoms with Crippen molar-refractivity contribution in [2.45, 2.75) is 44.4 Å². The number of nitrogens with zero attached hydrogens (tertiary/aromatic N) is 2. The van der Waals surface area contributed by atoms with E-state index in [0.717, 1.165) is 31.4 Å². The summed E-state index contributed by atoms with van der Waals surface area (Å²) in [6.07, 6.45) is 6.58. The highest BCUT2D eigenvalue weighted by Crippen LogP contribution is 2.22. The van der Waals surface area contributed by atoms with Crippen LogP contribution in [0.1, 0.15) is 31.4 Å². The molecule has 0 saturated heterocycles. The zero-order valence-electron chi connectivity index (χ0n) is 10.2. The Kier molecular flexibility index (Phi) is 4.28. The van der Waals surface area contributed by atoms with E-state index >= 15 is 0 Å². The van der Waals surface area contributed by atoms with Crippen LogP contribution in [0.3, 0.4) is 0 Å². The van der Waals surface area contributed by atoms with Crippen molar-refractivity contribution in [2.75, 3.05) is 12.4 Å². The molecular formula is C12H20N4O. The molecule has 17 heavy (non-hydrogen) atoms. The Morgan fingerprint density at radius 1 is 1.41 bits per heavy atom. The van der Waals surface area contributed by atoms with Crippen molar-refractivity contribution in [3.05, 3.63) is 18.0 Å². The minimum atomic E-state index is 0.421. The van der Waals surface area contributed by atoms with Crippen LogP contribution in [0.4, 0.5) is 5.95 Å². The summed E-state index contributed by atoms with van der Waals surface area (Å²) in [6.45, 7) is 0.452. The van der Waals surface area contributed by atoms with Crippen LogP contribution >= 0.6 is 0 Å². The Hall–Kier alpha value is -1.20. The van der Waals surface area contributed by atoms with Crippen LogP contribution in [0, 0.1) is 0 Å². The third-order valence-corrected chi connectivity index (χ3v) is 3.26. The molecule has 1 saturated carbocycles. The summed E-state index contributed by atoms with van der Waals surface area (Å²) >= 11 is 0. The number of nitrogens with one attached hydrogen (secondary N) is 1. The van der Waals surface area contributed by atoms with Crippen molar-refractivity contribution in [3.63, 3.8) is 0 Å². The van der Waals surface area contributed by atoms with Crippen molar-refractivity contribution in [2.24, 2.45) is 5.73 Å². The van der Waals surface area contributed by atoms with E-state index in [1.807, 2.05) is 6.07 Å². The summed E-state index contributed by atoms with van der Waals surface area (Å²) in [5.41, 5.74) is 6.42. The summed E-state index contributed by atoms with van der Waals surface area (Å²) in [5, 5.41) is 3.37. The lowest BCUT2D eigenvalue weighted by molar-refractivity contribution is 0.0681. The van der Waals surface area contributed by atoms with Crippen molar-refractivity contribution >= 4 is 5.95 Å². The third-order valence-electron chi connectivity index (χ3n) is 3.26. The van der Waals surface area contributed by atoms with Crippen molar-refractivity contribution in [3.8, 4) is 0 Å². The summed E-state index contributed by atoms with van der Waals surface area (Å²) in [5.74, 6) is 0.689. The van der Waals surface area contributed by atoms with E-state index in [1.54, 1.807) is 13.3 Å². The van der Waals surface area contributed by atoms with E-state index in [0.29, 0.717) is 24.6 Å². The summed E-state index contributed by atoms with van der Waals surface area (Å²) in [4.78, 5) is 8.56. The molecule has 0 unspecified atom stereocenters. The van der Waals surface area contributed by atoms with Gasteiger partial charge in [0.25, 0.3) is 0 Å². The van der Waals surface area contributed by atoms with Gasteiger partial charge in [0.05, 0.1) is 11.8 Å². The van der Waals surface area contributed by atoms with Gasteiger partial charge < -0.3 is 15.8 Å². The highest BCUT2D eigenvalue weighted by atomic mass is 16.5. The first-order valence-corrected chi connectivity index (χ1v) is 6.13. The van der Waals surface area contributed by atoms with Gasteiger partial charge >= 0.3 is 0 Å². The van der Waals surface area contributed by atoms with Gasteiger partial charge in [0.15, 0.2) is 0 Å². The summed E-state index contributed by atoms with van der Waals surface area (Å²) < 4.78 is 5.35. The summed E-state index contributed by atoms with van der Waals surface area (Å²) in [7, 11) is 1.78. The second-order valence-corrected chi connectivity index (χ2v) is 4.43. The Bertz CT molecular complexity index is 350. The average molecular weight is 236 g/mol. The van der Waals surface area contributed by atoms with Gasteiger partial charge in [-0.2, -0.15) is 0 Å². The number of rotatable bonds is 4. The molecule has 1 aromatic heterocycles. The number of methoxy groups -OCH3 is 1. The van der Waals surface area contributed by atoms with Crippen molar-refractivity contribution in [1.29, 1.82) is 0 Å². The van der Waals surface area contributed by atoms with Crippen LogP contribution in [-0.2, 0) is 11.3 Å². The first-order valence-electron chi connectivity index (χ1n) is 6.13. The maximum atomic E-state index is 5.55.